The summed E-state index contributed by atoms with van der Waals surface area (Å²) in [4.78, 5) is 0. The van der Waals surface area contributed by atoms with E-state index in [1.807, 2.05) is 0 Å². The lowest BCUT2D eigenvalue weighted by Crippen LogP contribution is -2.10. The molecule has 0 unspecified atom stereocenters. The zero-order valence-corrected chi connectivity index (χ0v) is 13.9. The predicted octanol–water partition coefficient (Wildman–Crippen LogP) is 5.96. The standard InChI is InChI=1S/C22H24/c1-15-7-5-9-19(11-15)22(20-10-6-8-16(2)12-20)21-13-17(3)18(4)14-21/h5-14,21-22H,1-4H3. The third kappa shape index (κ3) is 2.92. The second-order valence-corrected chi connectivity index (χ2v) is 6.58. The summed E-state index contributed by atoms with van der Waals surface area (Å²) in [6.07, 6.45) is 4.84. The fourth-order valence-electron chi connectivity index (χ4n) is 3.44. The molecule has 1 aliphatic rings. The van der Waals surface area contributed by atoms with Crippen LogP contribution in [0.15, 0.2) is 71.8 Å². The summed E-state index contributed by atoms with van der Waals surface area (Å²) in [6, 6.07) is 17.9. The van der Waals surface area contributed by atoms with Gasteiger partial charge in [-0.1, -0.05) is 83.0 Å². The monoisotopic (exact) mass is 288 g/mol. The Hall–Kier alpha value is -2.08. The van der Waals surface area contributed by atoms with Crippen molar-refractivity contribution in [3.8, 4) is 0 Å². The Labute approximate surface area is 134 Å². The highest BCUT2D eigenvalue weighted by atomic mass is 14.3. The van der Waals surface area contributed by atoms with Gasteiger partial charge in [-0.15, -0.1) is 0 Å². The second kappa shape index (κ2) is 5.96. The zero-order valence-electron chi connectivity index (χ0n) is 13.9. The molecule has 0 radical (unpaired) electrons. The van der Waals surface area contributed by atoms with Crippen LogP contribution in [0.3, 0.4) is 0 Å². The van der Waals surface area contributed by atoms with Gasteiger partial charge in [0.25, 0.3) is 0 Å². The highest BCUT2D eigenvalue weighted by Gasteiger charge is 2.25. The van der Waals surface area contributed by atoms with Crippen LogP contribution in [0.1, 0.15) is 42.0 Å². The van der Waals surface area contributed by atoms with Crippen molar-refractivity contribution < 1.29 is 0 Å². The van der Waals surface area contributed by atoms with Gasteiger partial charge in [0, 0.05) is 11.8 Å². The molecule has 22 heavy (non-hydrogen) atoms. The molecule has 0 aromatic heterocycles. The van der Waals surface area contributed by atoms with Gasteiger partial charge in [0.05, 0.1) is 0 Å². The number of aryl methyl sites for hydroxylation is 2. The average molecular weight is 288 g/mol. The van der Waals surface area contributed by atoms with Gasteiger partial charge in [-0.2, -0.15) is 0 Å². The van der Waals surface area contributed by atoms with Crippen molar-refractivity contribution in [1.82, 2.24) is 0 Å². The van der Waals surface area contributed by atoms with E-state index in [-0.39, 0.29) is 0 Å². The molecule has 0 heterocycles. The number of rotatable bonds is 3. The van der Waals surface area contributed by atoms with Crippen molar-refractivity contribution in [2.75, 3.05) is 0 Å². The van der Waals surface area contributed by atoms with E-state index >= 15 is 0 Å². The molecule has 0 saturated heterocycles. The number of hydrogen-bond acceptors (Lipinski definition) is 0. The van der Waals surface area contributed by atoms with Crippen LogP contribution in [0.5, 0.6) is 0 Å². The fraction of sp³-hybridized carbons (Fsp3) is 0.273. The van der Waals surface area contributed by atoms with E-state index in [9.17, 15) is 0 Å². The minimum atomic E-state index is 0.396. The molecule has 0 heteroatoms. The lowest BCUT2D eigenvalue weighted by Gasteiger charge is -2.23. The van der Waals surface area contributed by atoms with Crippen molar-refractivity contribution >= 4 is 0 Å². The summed E-state index contributed by atoms with van der Waals surface area (Å²) in [5.74, 6) is 0.843. The van der Waals surface area contributed by atoms with Gasteiger partial charge < -0.3 is 0 Å². The molecule has 2 aromatic carbocycles. The summed E-state index contributed by atoms with van der Waals surface area (Å²) < 4.78 is 0. The Kier molecular flexibility index (Phi) is 4.02. The van der Waals surface area contributed by atoms with Gasteiger partial charge in [-0.3, -0.25) is 0 Å². The van der Waals surface area contributed by atoms with Crippen molar-refractivity contribution in [2.24, 2.45) is 5.92 Å². The average Bonchev–Trinajstić information content (AvgIpc) is 2.78. The number of hydrogen-bond donors (Lipinski definition) is 0. The number of allylic oxidation sites excluding steroid dienone is 4. The molecule has 3 rings (SSSR count). The van der Waals surface area contributed by atoms with Gasteiger partial charge in [0.1, 0.15) is 0 Å². The maximum absolute atomic E-state index is 2.42. The highest BCUT2D eigenvalue weighted by Crippen LogP contribution is 2.39. The van der Waals surface area contributed by atoms with Crippen LogP contribution in [-0.2, 0) is 0 Å². The molecule has 0 spiro atoms. The third-order valence-electron chi connectivity index (χ3n) is 4.69. The SMILES string of the molecule is CC1=CC(C(c2cccc(C)c2)c2cccc(C)c2)C=C1C. The first-order valence-electron chi connectivity index (χ1n) is 8.05. The molecule has 2 aromatic rings. The summed E-state index contributed by atoms with van der Waals surface area (Å²) in [6.45, 7) is 8.78. The molecule has 1 aliphatic carbocycles. The first-order valence-corrected chi connectivity index (χ1v) is 8.05. The topological polar surface area (TPSA) is 0 Å². The summed E-state index contributed by atoms with van der Waals surface area (Å²) in [5.41, 5.74) is 8.30. The van der Waals surface area contributed by atoms with E-state index < -0.39 is 0 Å². The van der Waals surface area contributed by atoms with E-state index in [1.165, 1.54) is 33.4 Å². The van der Waals surface area contributed by atoms with Crippen molar-refractivity contribution in [3.63, 3.8) is 0 Å². The third-order valence-corrected chi connectivity index (χ3v) is 4.69. The minimum Gasteiger partial charge on any atom is -0.0735 e. The molecular formula is C22H24. The lowest BCUT2D eigenvalue weighted by molar-refractivity contribution is 0.689. The quantitative estimate of drug-likeness (QED) is 0.654. The Bertz CT molecular complexity index is 683. The molecule has 112 valence electrons. The summed E-state index contributed by atoms with van der Waals surface area (Å²) in [7, 11) is 0. The van der Waals surface area contributed by atoms with E-state index in [2.05, 4.69) is 88.4 Å². The summed E-state index contributed by atoms with van der Waals surface area (Å²) >= 11 is 0. The molecule has 0 amide bonds. The fourth-order valence-corrected chi connectivity index (χ4v) is 3.44. The molecule has 0 N–H and O–H groups in total. The summed E-state index contributed by atoms with van der Waals surface area (Å²) in [5, 5.41) is 0. The Morgan fingerprint density at radius 2 is 1.14 bits per heavy atom. The molecule has 0 bridgehead atoms. The zero-order chi connectivity index (χ0) is 15.7. The lowest BCUT2D eigenvalue weighted by atomic mass is 9.80. The van der Waals surface area contributed by atoms with Crippen molar-refractivity contribution in [3.05, 3.63) is 94.1 Å². The highest BCUT2D eigenvalue weighted by molar-refractivity contribution is 5.44. The Morgan fingerprint density at radius 3 is 1.55 bits per heavy atom. The maximum atomic E-state index is 2.42. The van der Waals surface area contributed by atoms with Crippen LogP contribution < -0.4 is 0 Å². The molecule has 0 nitrogen and oxygen atoms in total. The van der Waals surface area contributed by atoms with E-state index in [1.54, 1.807) is 0 Å². The molecule has 0 fully saturated rings. The van der Waals surface area contributed by atoms with Gasteiger partial charge in [-0.25, -0.2) is 0 Å². The molecular weight excluding hydrogens is 264 g/mol. The second-order valence-electron chi connectivity index (χ2n) is 6.58. The van der Waals surface area contributed by atoms with E-state index in [0.717, 1.165) is 0 Å². The number of benzene rings is 2. The predicted molar refractivity (Wildman–Crippen MR) is 95.2 cm³/mol. The van der Waals surface area contributed by atoms with E-state index in [0.29, 0.717) is 11.8 Å². The first kappa shape index (κ1) is 14.8. The Balaban J connectivity index is 2.11. The van der Waals surface area contributed by atoms with Gasteiger partial charge in [0.2, 0.25) is 0 Å². The van der Waals surface area contributed by atoms with Crippen LogP contribution in [0, 0.1) is 19.8 Å². The van der Waals surface area contributed by atoms with Crippen LogP contribution in [0.2, 0.25) is 0 Å². The van der Waals surface area contributed by atoms with Gasteiger partial charge >= 0.3 is 0 Å². The van der Waals surface area contributed by atoms with E-state index in [4.69, 9.17) is 0 Å². The van der Waals surface area contributed by atoms with Gasteiger partial charge in [0.15, 0.2) is 0 Å². The molecule has 0 saturated carbocycles. The Morgan fingerprint density at radius 1 is 0.682 bits per heavy atom. The normalized spacial score (nSPS) is 15.1. The van der Waals surface area contributed by atoms with Crippen LogP contribution in [0.25, 0.3) is 0 Å². The maximum Gasteiger partial charge on any atom is 0.0187 e. The minimum absolute atomic E-state index is 0.396. The van der Waals surface area contributed by atoms with Crippen LogP contribution >= 0.6 is 0 Å². The first-order chi connectivity index (χ1) is 10.5. The van der Waals surface area contributed by atoms with Gasteiger partial charge in [-0.05, 0) is 38.8 Å². The van der Waals surface area contributed by atoms with Crippen LogP contribution in [-0.4, -0.2) is 0 Å². The molecule has 0 aliphatic heterocycles. The van der Waals surface area contributed by atoms with Crippen molar-refractivity contribution in [2.45, 2.75) is 33.6 Å². The van der Waals surface area contributed by atoms with Crippen molar-refractivity contribution in [1.29, 1.82) is 0 Å². The smallest absolute Gasteiger partial charge is 0.0187 e. The molecule has 0 atom stereocenters. The van der Waals surface area contributed by atoms with Crippen LogP contribution in [0.4, 0.5) is 0 Å². The largest absolute Gasteiger partial charge is 0.0735 e.